The third kappa shape index (κ3) is 1.96. The zero-order valence-corrected chi connectivity index (χ0v) is 11.2. The smallest absolute Gasteiger partial charge is 0.340 e. The topological polar surface area (TPSA) is 109 Å². The summed E-state index contributed by atoms with van der Waals surface area (Å²) >= 11 is 0. The molecule has 0 fully saturated rings. The van der Waals surface area contributed by atoms with Gasteiger partial charge in [0.25, 0.3) is 0 Å². The molecule has 0 aromatic carbocycles. The minimum Gasteiger partial charge on any atom is -0.478 e. The first kappa shape index (κ1) is 13.9. The average Bonchev–Trinajstić information content (AvgIpc) is 2.45. The number of carboxylic acid groups (broad SMARTS) is 2. The van der Waals surface area contributed by atoms with Crippen molar-refractivity contribution in [2.75, 3.05) is 0 Å². The van der Waals surface area contributed by atoms with Gasteiger partial charge < -0.3 is 10.2 Å². The molecule has 2 N–H and O–H groups in total. The molecular formula is C16H10O6. The van der Waals surface area contributed by atoms with Crippen molar-refractivity contribution in [3.05, 3.63) is 58.2 Å². The normalized spacial score (nSPS) is 23.3. The van der Waals surface area contributed by atoms with Gasteiger partial charge >= 0.3 is 11.9 Å². The van der Waals surface area contributed by atoms with Crippen LogP contribution in [0.3, 0.4) is 0 Å². The second-order valence-corrected chi connectivity index (χ2v) is 5.09. The molecule has 0 bridgehead atoms. The molecule has 0 heterocycles. The van der Waals surface area contributed by atoms with E-state index in [0.717, 1.165) is 0 Å². The van der Waals surface area contributed by atoms with Gasteiger partial charge in [0.1, 0.15) is 5.57 Å². The molecule has 6 nitrogen and oxygen atoms in total. The molecule has 0 aliphatic heterocycles. The van der Waals surface area contributed by atoms with Crippen LogP contribution >= 0.6 is 0 Å². The molecule has 0 radical (unpaired) electrons. The Morgan fingerprint density at radius 1 is 1.09 bits per heavy atom. The maximum absolute atomic E-state index is 12.4. The third-order valence-electron chi connectivity index (χ3n) is 3.78. The van der Waals surface area contributed by atoms with Crippen LogP contribution in [0.15, 0.2) is 58.2 Å². The van der Waals surface area contributed by atoms with Gasteiger partial charge in [-0.05, 0) is 23.3 Å². The summed E-state index contributed by atoms with van der Waals surface area (Å²) in [5, 5.41) is 18.2. The molecule has 0 saturated carbocycles. The summed E-state index contributed by atoms with van der Waals surface area (Å²) in [4.78, 5) is 46.7. The van der Waals surface area contributed by atoms with Crippen molar-refractivity contribution in [3.8, 4) is 0 Å². The molecule has 1 unspecified atom stereocenters. The zero-order chi connectivity index (χ0) is 16.0. The molecule has 110 valence electrons. The van der Waals surface area contributed by atoms with E-state index >= 15 is 0 Å². The number of Topliss-reactive ketones (excluding diaryl/α,β-unsaturated/α-hetero) is 2. The predicted molar refractivity (Wildman–Crippen MR) is 73.8 cm³/mol. The van der Waals surface area contributed by atoms with Crippen LogP contribution in [0.5, 0.6) is 0 Å². The van der Waals surface area contributed by atoms with Crippen molar-refractivity contribution in [1.29, 1.82) is 0 Å². The summed E-state index contributed by atoms with van der Waals surface area (Å²) in [6, 6.07) is 0. The maximum Gasteiger partial charge on any atom is 0.340 e. The van der Waals surface area contributed by atoms with Gasteiger partial charge in [0, 0.05) is 12.0 Å². The minimum absolute atomic E-state index is 0.148. The van der Waals surface area contributed by atoms with Crippen molar-refractivity contribution in [1.82, 2.24) is 0 Å². The number of carbonyl (C=O) groups is 4. The number of ketones is 2. The monoisotopic (exact) mass is 298 g/mol. The van der Waals surface area contributed by atoms with Crippen molar-refractivity contribution in [2.24, 2.45) is 5.92 Å². The molecule has 22 heavy (non-hydrogen) atoms. The Balaban J connectivity index is 2.20. The Kier molecular flexibility index (Phi) is 3.02. The van der Waals surface area contributed by atoms with Crippen molar-refractivity contribution in [3.63, 3.8) is 0 Å². The van der Waals surface area contributed by atoms with Crippen LogP contribution in [0, 0.1) is 5.92 Å². The Morgan fingerprint density at radius 3 is 2.45 bits per heavy atom. The van der Waals surface area contributed by atoms with Gasteiger partial charge in [-0.15, -0.1) is 0 Å². The standard InChI is InChI=1S/C16H10O6/c17-12-3-1-2-7-4-8-5-11(15(19)20)13(16(21)22)14(18)10(8)6-9(7)12/h1-2,4-6,10H,3H2,(H,19,20)(H,21,22). The number of hydrogen-bond acceptors (Lipinski definition) is 4. The molecule has 1 atom stereocenters. The van der Waals surface area contributed by atoms with Crippen LogP contribution in [0.1, 0.15) is 6.42 Å². The fourth-order valence-electron chi connectivity index (χ4n) is 2.78. The Hall–Kier alpha value is -3.02. The zero-order valence-electron chi connectivity index (χ0n) is 11.2. The van der Waals surface area contributed by atoms with E-state index in [1.54, 1.807) is 18.2 Å². The number of aliphatic carboxylic acids is 2. The molecule has 6 heteroatoms. The van der Waals surface area contributed by atoms with Crippen LogP contribution in [0.25, 0.3) is 0 Å². The van der Waals surface area contributed by atoms with E-state index in [9.17, 15) is 19.2 Å². The second-order valence-electron chi connectivity index (χ2n) is 5.09. The van der Waals surface area contributed by atoms with Gasteiger partial charge in [-0.3, -0.25) is 9.59 Å². The van der Waals surface area contributed by atoms with E-state index in [0.29, 0.717) is 16.7 Å². The Morgan fingerprint density at radius 2 is 1.82 bits per heavy atom. The molecule has 0 saturated heterocycles. The van der Waals surface area contributed by atoms with Crippen molar-refractivity contribution < 1.29 is 29.4 Å². The largest absolute Gasteiger partial charge is 0.478 e. The summed E-state index contributed by atoms with van der Waals surface area (Å²) in [5.41, 5.74) is 0.0689. The molecule has 0 aromatic rings. The number of hydrogen-bond donors (Lipinski definition) is 2. The third-order valence-corrected chi connectivity index (χ3v) is 3.78. The first-order valence-electron chi connectivity index (χ1n) is 6.50. The summed E-state index contributed by atoms with van der Waals surface area (Å²) in [6.07, 6.45) is 7.82. The lowest BCUT2D eigenvalue weighted by Gasteiger charge is -2.26. The van der Waals surface area contributed by atoms with E-state index in [4.69, 9.17) is 10.2 Å². The second kappa shape index (κ2) is 4.77. The number of allylic oxidation sites excluding steroid dienone is 7. The van der Waals surface area contributed by atoms with Gasteiger partial charge in [-0.2, -0.15) is 0 Å². The Bertz CT molecular complexity index is 800. The Labute approximate surface area is 124 Å². The van der Waals surface area contributed by atoms with Crippen molar-refractivity contribution in [2.45, 2.75) is 6.42 Å². The molecule has 0 aromatic heterocycles. The maximum atomic E-state index is 12.4. The van der Waals surface area contributed by atoms with Gasteiger partial charge in [0.15, 0.2) is 11.6 Å². The highest BCUT2D eigenvalue weighted by Crippen LogP contribution is 2.37. The molecule has 3 aliphatic rings. The fraction of sp³-hybridized carbons (Fsp3) is 0.125. The highest BCUT2D eigenvalue weighted by Gasteiger charge is 2.38. The lowest BCUT2D eigenvalue weighted by molar-refractivity contribution is -0.137. The number of rotatable bonds is 2. The van der Waals surface area contributed by atoms with Gasteiger partial charge in [-0.1, -0.05) is 18.2 Å². The summed E-state index contributed by atoms with van der Waals surface area (Å²) in [7, 11) is 0. The average molecular weight is 298 g/mol. The lowest BCUT2D eigenvalue weighted by atomic mass is 9.75. The van der Waals surface area contributed by atoms with Crippen LogP contribution in [-0.4, -0.2) is 33.7 Å². The SMILES string of the molecule is O=C(O)C1=C(C(=O)O)C(=O)C2C=C3C(=O)CC=CC3=CC2=C1. The lowest BCUT2D eigenvalue weighted by Crippen LogP contribution is -2.30. The van der Waals surface area contributed by atoms with E-state index in [2.05, 4.69) is 0 Å². The molecule has 0 spiro atoms. The van der Waals surface area contributed by atoms with Gasteiger partial charge in [0.05, 0.1) is 11.5 Å². The summed E-state index contributed by atoms with van der Waals surface area (Å²) < 4.78 is 0. The molecule has 3 aliphatic carbocycles. The first-order chi connectivity index (χ1) is 10.4. The number of carbonyl (C=O) groups excluding carboxylic acids is 2. The van der Waals surface area contributed by atoms with Crippen LogP contribution < -0.4 is 0 Å². The minimum atomic E-state index is -1.58. The van der Waals surface area contributed by atoms with Crippen LogP contribution in [-0.2, 0) is 19.2 Å². The van der Waals surface area contributed by atoms with Crippen LogP contribution in [0.2, 0.25) is 0 Å². The van der Waals surface area contributed by atoms with Crippen molar-refractivity contribution >= 4 is 23.5 Å². The predicted octanol–water partition coefficient (Wildman–Crippen LogP) is 0.973. The number of fused-ring (bicyclic) bond motifs is 2. The quantitative estimate of drug-likeness (QED) is 0.735. The van der Waals surface area contributed by atoms with Gasteiger partial charge in [0.2, 0.25) is 0 Å². The summed E-state index contributed by atoms with van der Waals surface area (Å²) in [6.45, 7) is 0. The van der Waals surface area contributed by atoms with E-state index in [-0.39, 0.29) is 12.2 Å². The van der Waals surface area contributed by atoms with Crippen LogP contribution in [0.4, 0.5) is 0 Å². The highest BCUT2D eigenvalue weighted by molar-refractivity contribution is 6.25. The van der Waals surface area contributed by atoms with E-state index in [1.807, 2.05) is 0 Å². The molecule has 3 rings (SSSR count). The summed E-state index contributed by atoms with van der Waals surface area (Å²) in [5.74, 6) is -4.94. The van der Waals surface area contributed by atoms with Gasteiger partial charge in [-0.25, -0.2) is 9.59 Å². The number of carboxylic acids is 2. The molecular weight excluding hydrogens is 288 g/mol. The highest BCUT2D eigenvalue weighted by atomic mass is 16.4. The first-order valence-corrected chi connectivity index (χ1v) is 6.50. The van der Waals surface area contributed by atoms with E-state index in [1.165, 1.54) is 12.2 Å². The van der Waals surface area contributed by atoms with E-state index < -0.39 is 34.8 Å². The molecule has 0 amide bonds. The fourth-order valence-corrected chi connectivity index (χ4v) is 2.78.